The Kier molecular flexibility index (Phi) is 3.69. The Morgan fingerprint density at radius 1 is 1.35 bits per heavy atom. The molecule has 1 spiro atoms. The van der Waals surface area contributed by atoms with Gasteiger partial charge in [0.25, 0.3) is 0 Å². The maximum Gasteiger partial charge on any atom is 0.223 e. The maximum absolute atomic E-state index is 13.1. The van der Waals surface area contributed by atoms with Crippen LogP contribution < -0.4 is 5.32 Å². The molecule has 0 aromatic heterocycles. The van der Waals surface area contributed by atoms with Crippen molar-refractivity contribution in [3.63, 3.8) is 0 Å². The average Bonchev–Trinajstić information content (AvgIpc) is 2.70. The summed E-state index contributed by atoms with van der Waals surface area (Å²) in [7, 11) is 0. The first-order valence-electron chi connectivity index (χ1n) is 7.00. The molecule has 2 fully saturated rings. The molecule has 0 unspecified atom stereocenters. The van der Waals surface area contributed by atoms with Crippen molar-refractivity contribution in [3.05, 3.63) is 34.6 Å². The second kappa shape index (κ2) is 5.34. The summed E-state index contributed by atoms with van der Waals surface area (Å²) in [5, 5.41) is 3.73. The van der Waals surface area contributed by atoms with Gasteiger partial charge in [0.15, 0.2) is 0 Å². The van der Waals surface area contributed by atoms with Crippen LogP contribution in [0.15, 0.2) is 18.2 Å². The molecule has 1 aromatic rings. The van der Waals surface area contributed by atoms with E-state index in [0.29, 0.717) is 18.0 Å². The van der Waals surface area contributed by atoms with Crippen LogP contribution in [0.4, 0.5) is 4.39 Å². The molecule has 0 radical (unpaired) electrons. The molecule has 0 aliphatic carbocycles. The Bertz CT molecular complexity index is 529. The molecule has 1 N–H and O–H groups in total. The van der Waals surface area contributed by atoms with Gasteiger partial charge < -0.3 is 10.2 Å². The number of likely N-dealkylation sites (tertiary alicyclic amines) is 1. The minimum Gasteiger partial charge on any atom is -0.338 e. The summed E-state index contributed by atoms with van der Waals surface area (Å²) >= 11 is 6.04. The molecule has 3 nitrogen and oxygen atoms in total. The van der Waals surface area contributed by atoms with Crippen LogP contribution in [0.5, 0.6) is 0 Å². The molecule has 0 saturated carbocycles. The van der Waals surface area contributed by atoms with Gasteiger partial charge in [0, 0.05) is 24.5 Å². The summed E-state index contributed by atoms with van der Waals surface area (Å²) in [6, 6.07) is 4.36. The normalized spacial score (nSPS) is 21.7. The van der Waals surface area contributed by atoms with Crippen molar-refractivity contribution in [2.24, 2.45) is 5.41 Å². The summed E-state index contributed by atoms with van der Waals surface area (Å²) in [6.07, 6.45) is 2.73. The highest BCUT2D eigenvalue weighted by atomic mass is 35.5. The molecule has 108 valence electrons. The summed E-state index contributed by atoms with van der Waals surface area (Å²) in [5.41, 5.74) is 0.946. The van der Waals surface area contributed by atoms with Crippen molar-refractivity contribution in [2.45, 2.75) is 25.8 Å². The van der Waals surface area contributed by atoms with Crippen LogP contribution in [0.25, 0.3) is 0 Å². The number of amides is 1. The van der Waals surface area contributed by atoms with Gasteiger partial charge in [-0.15, -0.1) is 0 Å². The minimum absolute atomic E-state index is 0.134. The van der Waals surface area contributed by atoms with Crippen molar-refractivity contribution in [3.8, 4) is 0 Å². The Morgan fingerprint density at radius 2 is 2.10 bits per heavy atom. The van der Waals surface area contributed by atoms with E-state index in [2.05, 4.69) is 5.32 Å². The summed E-state index contributed by atoms with van der Waals surface area (Å²) in [5.74, 6) is -0.159. The van der Waals surface area contributed by atoms with E-state index >= 15 is 0 Å². The van der Waals surface area contributed by atoms with Gasteiger partial charge in [0.05, 0.1) is 0 Å². The van der Waals surface area contributed by atoms with E-state index in [9.17, 15) is 9.18 Å². The third kappa shape index (κ3) is 2.67. The highest BCUT2D eigenvalue weighted by Crippen LogP contribution is 2.40. The molecular weight excluding hydrogens is 279 g/mol. The maximum atomic E-state index is 13.1. The molecular formula is C15H18ClFN2O. The van der Waals surface area contributed by atoms with E-state index < -0.39 is 0 Å². The number of hydrogen-bond donors (Lipinski definition) is 1. The molecule has 5 heteroatoms. The highest BCUT2D eigenvalue weighted by Gasteiger charge is 2.43. The van der Waals surface area contributed by atoms with Crippen molar-refractivity contribution < 1.29 is 9.18 Å². The van der Waals surface area contributed by atoms with E-state index in [1.54, 1.807) is 6.07 Å². The zero-order chi connectivity index (χ0) is 14.2. The first kappa shape index (κ1) is 13.8. The van der Waals surface area contributed by atoms with Crippen molar-refractivity contribution in [2.75, 3.05) is 19.6 Å². The van der Waals surface area contributed by atoms with Gasteiger partial charge in [-0.05, 0) is 49.0 Å². The van der Waals surface area contributed by atoms with Crippen molar-refractivity contribution >= 4 is 17.5 Å². The second-order valence-corrected chi connectivity index (χ2v) is 6.32. The lowest BCUT2D eigenvalue weighted by Gasteiger charge is -2.33. The van der Waals surface area contributed by atoms with Gasteiger partial charge in [-0.2, -0.15) is 0 Å². The number of hydrogen-bond acceptors (Lipinski definition) is 2. The quantitative estimate of drug-likeness (QED) is 0.910. The lowest BCUT2D eigenvalue weighted by atomic mass is 9.78. The predicted octanol–water partition coefficient (Wildman–Crippen LogP) is 2.58. The lowest BCUT2D eigenvalue weighted by Crippen LogP contribution is -2.38. The van der Waals surface area contributed by atoms with Gasteiger partial charge in [0.1, 0.15) is 5.82 Å². The minimum atomic E-state index is -0.346. The van der Waals surface area contributed by atoms with Crippen LogP contribution in [0.3, 0.4) is 0 Å². The van der Waals surface area contributed by atoms with E-state index in [-0.39, 0.29) is 17.1 Å². The largest absolute Gasteiger partial charge is 0.338 e. The number of nitrogens with one attached hydrogen (secondary N) is 1. The molecule has 2 aliphatic rings. The summed E-state index contributed by atoms with van der Waals surface area (Å²) in [4.78, 5) is 14.1. The highest BCUT2D eigenvalue weighted by molar-refractivity contribution is 6.31. The number of carbonyl (C=O) groups is 1. The monoisotopic (exact) mass is 296 g/mol. The fourth-order valence-corrected chi connectivity index (χ4v) is 3.50. The molecule has 2 heterocycles. The third-order valence-electron chi connectivity index (χ3n) is 4.45. The average molecular weight is 297 g/mol. The first-order valence-corrected chi connectivity index (χ1v) is 7.38. The van der Waals surface area contributed by atoms with Crippen molar-refractivity contribution in [1.29, 1.82) is 0 Å². The number of carbonyl (C=O) groups excluding carboxylic acids is 1. The Balaban J connectivity index is 1.73. The zero-order valence-corrected chi connectivity index (χ0v) is 12.0. The Hall–Kier alpha value is -1.13. The Morgan fingerprint density at radius 3 is 2.80 bits per heavy atom. The van der Waals surface area contributed by atoms with E-state index in [4.69, 9.17) is 11.6 Å². The van der Waals surface area contributed by atoms with Gasteiger partial charge in [0.2, 0.25) is 5.91 Å². The molecule has 3 rings (SSSR count). The number of piperidine rings is 1. The first-order chi connectivity index (χ1) is 9.58. The van der Waals surface area contributed by atoms with Crippen LogP contribution in [-0.4, -0.2) is 30.4 Å². The van der Waals surface area contributed by atoms with Crippen LogP contribution in [0.1, 0.15) is 24.8 Å². The van der Waals surface area contributed by atoms with Gasteiger partial charge in [-0.25, -0.2) is 4.39 Å². The van der Waals surface area contributed by atoms with Crippen LogP contribution in [-0.2, 0) is 11.3 Å². The fraction of sp³-hybridized carbons (Fsp3) is 0.533. The van der Waals surface area contributed by atoms with Crippen LogP contribution in [0, 0.1) is 11.2 Å². The lowest BCUT2D eigenvalue weighted by molar-refractivity contribution is -0.128. The summed E-state index contributed by atoms with van der Waals surface area (Å²) in [6.45, 7) is 3.24. The smallest absolute Gasteiger partial charge is 0.223 e. The van der Waals surface area contributed by atoms with E-state index in [1.807, 2.05) is 4.90 Å². The molecule has 2 saturated heterocycles. The standard InChI is InChI=1S/C15H18ClFN2O/c16-13-7-12(17)2-1-11(13)9-19-10-15(8-14(19)20)3-5-18-6-4-15/h1-2,7,18H,3-6,8-10H2. The SMILES string of the molecule is O=C1CC2(CCNCC2)CN1Cc1ccc(F)cc1Cl. The number of halogens is 2. The molecule has 1 amide bonds. The Labute approximate surface area is 123 Å². The fourth-order valence-electron chi connectivity index (χ4n) is 3.27. The third-order valence-corrected chi connectivity index (χ3v) is 4.80. The van der Waals surface area contributed by atoms with Gasteiger partial charge >= 0.3 is 0 Å². The van der Waals surface area contributed by atoms with Crippen molar-refractivity contribution in [1.82, 2.24) is 10.2 Å². The molecule has 0 atom stereocenters. The van der Waals surface area contributed by atoms with Gasteiger partial charge in [-0.1, -0.05) is 17.7 Å². The topological polar surface area (TPSA) is 32.3 Å². The van der Waals surface area contributed by atoms with E-state index in [0.717, 1.165) is 38.0 Å². The summed E-state index contributed by atoms with van der Waals surface area (Å²) < 4.78 is 13.1. The molecule has 2 aliphatic heterocycles. The molecule has 20 heavy (non-hydrogen) atoms. The molecule has 0 bridgehead atoms. The number of rotatable bonds is 2. The number of benzene rings is 1. The van der Waals surface area contributed by atoms with E-state index in [1.165, 1.54) is 12.1 Å². The second-order valence-electron chi connectivity index (χ2n) is 5.91. The van der Waals surface area contributed by atoms with Gasteiger partial charge in [-0.3, -0.25) is 4.79 Å². The van der Waals surface area contributed by atoms with Crippen LogP contribution in [0.2, 0.25) is 5.02 Å². The number of nitrogens with zero attached hydrogens (tertiary/aromatic N) is 1. The van der Waals surface area contributed by atoms with Crippen LogP contribution >= 0.6 is 11.6 Å². The predicted molar refractivity (Wildman–Crippen MR) is 76.0 cm³/mol. The molecule has 1 aromatic carbocycles. The zero-order valence-electron chi connectivity index (χ0n) is 11.3.